The molecule has 0 saturated carbocycles. The number of carbonyl (C=O) groups is 1. The van der Waals surface area contributed by atoms with Crippen LogP contribution < -0.4 is 4.90 Å². The Morgan fingerprint density at radius 2 is 2.11 bits per heavy atom. The third-order valence-electron chi connectivity index (χ3n) is 3.76. The fourth-order valence-electron chi connectivity index (χ4n) is 2.74. The van der Waals surface area contributed by atoms with Gasteiger partial charge in [0.25, 0.3) is 0 Å². The number of amides is 1. The Bertz CT molecular complexity index is 469. The smallest absolute Gasteiger partial charge is 0.231 e. The zero-order valence-electron chi connectivity index (χ0n) is 10.2. The number of nitrogens with zero attached hydrogens (tertiary/aromatic N) is 1. The molecular weight excluding hydrogens is 341 g/mol. The molecule has 2 aliphatic rings. The highest BCUT2D eigenvalue weighted by atomic mass is 127. The third kappa shape index (κ3) is 2.40. The molecule has 1 fully saturated rings. The van der Waals surface area contributed by atoms with E-state index in [0.29, 0.717) is 12.3 Å². The molecule has 0 N–H and O–H groups in total. The Labute approximate surface area is 121 Å². The number of anilines is 1. The van der Waals surface area contributed by atoms with E-state index < -0.39 is 0 Å². The van der Waals surface area contributed by atoms with Gasteiger partial charge in [-0.3, -0.25) is 4.79 Å². The molecule has 1 saturated heterocycles. The van der Waals surface area contributed by atoms with Crippen molar-refractivity contribution in [2.45, 2.75) is 19.3 Å². The van der Waals surface area contributed by atoms with E-state index in [4.69, 9.17) is 4.74 Å². The summed E-state index contributed by atoms with van der Waals surface area (Å²) >= 11 is 2.30. The monoisotopic (exact) mass is 357 g/mol. The lowest BCUT2D eigenvalue weighted by Gasteiger charge is -2.27. The summed E-state index contributed by atoms with van der Waals surface area (Å²) < 4.78 is 6.57. The normalized spacial score (nSPS) is 20.3. The Morgan fingerprint density at radius 1 is 1.33 bits per heavy atom. The zero-order valence-corrected chi connectivity index (χ0v) is 12.4. The van der Waals surface area contributed by atoms with Gasteiger partial charge in [-0.25, -0.2) is 0 Å². The largest absolute Gasteiger partial charge is 0.381 e. The van der Waals surface area contributed by atoms with Crippen molar-refractivity contribution >= 4 is 34.2 Å². The fourth-order valence-corrected chi connectivity index (χ4v) is 3.29. The number of hydrogen-bond acceptors (Lipinski definition) is 2. The molecule has 3 rings (SSSR count). The molecule has 3 nitrogen and oxygen atoms in total. The van der Waals surface area contributed by atoms with Gasteiger partial charge in [-0.2, -0.15) is 0 Å². The van der Waals surface area contributed by atoms with Crippen molar-refractivity contribution in [3.63, 3.8) is 0 Å². The van der Waals surface area contributed by atoms with Crippen molar-refractivity contribution in [2.24, 2.45) is 5.92 Å². The van der Waals surface area contributed by atoms with Crippen molar-refractivity contribution in [3.05, 3.63) is 27.3 Å². The molecule has 0 radical (unpaired) electrons. The molecule has 1 amide bonds. The van der Waals surface area contributed by atoms with Gasteiger partial charge in [-0.1, -0.05) is 0 Å². The van der Waals surface area contributed by atoms with Crippen LogP contribution in [0.15, 0.2) is 18.2 Å². The minimum atomic E-state index is 0.249. The van der Waals surface area contributed by atoms with E-state index in [-0.39, 0.29) is 5.91 Å². The quantitative estimate of drug-likeness (QED) is 0.762. The number of fused-ring (bicyclic) bond motifs is 1. The SMILES string of the molecule is O=C1Cc2cc(I)ccc2N1CC1CCOCC1. The summed E-state index contributed by atoms with van der Waals surface area (Å²) in [5, 5.41) is 0. The highest BCUT2D eigenvalue weighted by molar-refractivity contribution is 14.1. The minimum Gasteiger partial charge on any atom is -0.381 e. The first-order valence-electron chi connectivity index (χ1n) is 6.40. The van der Waals surface area contributed by atoms with Gasteiger partial charge in [-0.15, -0.1) is 0 Å². The number of benzene rings is 1. The lowest BCUT2D eigenvalue weighted by molar-refractivity contribution is -0.117. The van der Waals surface area contributed by atoms with Gasteiger partial charge in [0, 0.05) is 29.0 Å². The maximum Gasteiger partial charge on any atom is 0.231 e. The second-order valence-electron chi connectivity index (χ2n) is 5.01. The van der Waals surface area contributed by atoms with Crippen LogP contribution >= 0.6 is 22.6 Å². The number of hydrogen-bond donors (Lipinski definition) is 0. The molecule has 1 aromatic carbocycles. The first-order chi connectivity index (χ1) is 8.74. The van der Waals surface area contributed by atoms with Crippen molar-refractivity contribution in [2.75, 3.05) is 24.7 Å². The molecular formula is C14H16INO2. The predicted molar refractivity (Wildman–Crippen MR) is 78.8 cm³/mol. The standard InChI is InChI=1S/C14H16INO2/c15-12-1-2-13-11(7-12)8-14(17)16(13)9-10-3-5-18-6-4-10/h1-2,7,10H,3-6,8-9H2. The van der Waals surface area contributed by atoms with E-state index in [0.717, 1.165) is 38.3 Å². The molecule has 1 aromatic rings. The molecule has 0 unspecified atom stereocenters. The number of rotatable bonds is 2. The van der Waals surface area contributed by atoms with Crippen LogP contribution in [-0.2, 0) is 16.0 Å². The van der Waals surface area contributed by atoms with Crippen LogP contribution in [-0.4, -0.2) is 25.7 Å². The molecule has 0 atom stereocenters. The molecule has 0 spiro atoms. The number of ether oxygens (including phenoxy) is 1. The maximum absolute atomic E-state index is 12.1. The summed E-state index contributed by atoms with van der Waals surface area (Å²) in [5.41, 5.74) is 2.30. The lowest BCUT2D eigenvalue weighted by Crippen LogP contribution is -2.34. The Kier molecular flexibility index (Phi) is 3.56. The average molecular weight is 357 g/mol. The highest BCUT2D eigenvalue weighted by Gasteiger charge is 2.29. The van der Waals surface area contributed by atoms with Crippen LogP contribution in [0.4, 0.5) is 5.69 Å². The van der Waals surface area contributed by atoms with Crippen molar-refractivity contribution in [3.8, 4) is 0 Å². The van der Waals surface area contributed by atoms with E-state index >= 15 is 0 Å². The summed E-state index contributed by atoms with van der Waals surface area (Å²) in [4.78, 5) is 14.1. The van der Waals surface area contributed by atoms with E-state index in [1.165, 1.54) is 9.13 Å². The third-order valence-corrected chi connectivity index (χ3v) is 4.43. The summed E-state index contributed by atoms with van der Waals surface area (Å²) in [7, 11) is 0. The molecule has 18 heavy (non-hydrogen) atoms. The molecule has 4 heteroatoms. The summed E-state index contributed by atoms with van der Waals surface area (Å²) in [6.45, 7) is 2.54. The molecule has 2 aliphatic heterocycles. The Balaban J connectivity index is 1.78. The molecule has 0 aromatic heterocycles. The van der Waals surface area contributed by atoms with Crippen molar-refractivity contribution < 1.29 is 9.53 Å². The van der Waals surface area contributed by atoms with Crippen LogP contribution in [0.1, 0.15) is 18.4 Å². The topological polar surface area (TPSA) is 29.5 Å². The van der Waals surface area contributed by atoms with Gasteiger partial charge in [0.15, 0.2) is 0 Å². The molecule has 96 valence electrons. The second-order valence-corrected chi connectivity index (χ2v) is 6.26. The zero-order chi connectivity index (χ0) is 12.5. The predicted octanol–water partition coefficient (Wildman–Crippen LogP) is 2.61. The van der Waals surface area contributed by atoms with Crippen LogP contribution in [0.3, 0.4) is 0 Å². The lowest BCUT2D eigenvalue weighted by atomic mass is 10.00. The minimum absolute atomic E-state index is 0.249. The second kappa shape index (κ2) is 5.17. The van der Waals surface area contributed by atoms with Gasteiger partial charge in [0.05, 0.1) is 6.42 Å². The van der Waals surface area contributed by atoms with E-state index in [9.17, 15) is 4.79 Å². The van der Waals surface area contributed by atoms with E-state index in [2.05, 4.69) is 40.8 Å². The van der Waals surface area contributed by atoms with Crippen LogP contribution in [0.2, 0.25) is 0 Å². The first-order valence-corrected chi connectivity index (χ1v) is 7.48. The Morgan fingerprint density at radius 3 is 2.89 bits per heavy atom. The van der Waals surface area contributed by atoms with Gasteiger partial charge < -0.3 is 9.64 Å². The van der Waals surface area contributed by atoms with Gasteiger partial charge in [-0.05, 0) is 65.1 Å². The molecule has 0 aliphatic carbocycles. The van der Waals surface area contributed by atoms with Crippen LogP contribution in [0.25, 0.3) is 0 Å². The Hall–Kier alpha value is -0.620. The summed E-state index contributed by atoms with van der Waals surface area (Å²) in [6, 6.07) is 6.29. The number of halogens is 1. The van der Waals surface area contributed by atoms with E-state index in [1.54, 1.807) is 0 Å². The van der Waals surface area contributed by atoms with Crippen molar-refractivity contribution in [1.82, 2.24) is 0 Å². The van der Waals surface area contributed by atoms with E-state index in [1.807, 2.05) is 4.90 Å². The average Bonchev–Trinajstić information content (AvgIpc) is 2.66. The van der Waals surface area contributed by atoms with Crippen LogP contribution in [0, 0.1) is 9.49 Å². The van der Waals surface area contributed by atoms with Gasteiger partial charge in [0.2, 0.25) is 5.91 Å². The van der Waals surface area contributed by atoms with Gasteiger partial charge in [0.1, 0.15) is 0 Å². The molecule has 2 heterocycles. The number of carbonyl (C=O) groups excluding carboxylic acids is 1. The van der Waals surface area contributed by atoms with Gasteiger partial charge >= 0.3 is 0 Å². The summed E-state index contributed by atoms with van der Waals surface area (Å²) in [6.07, 6.45) is 2.71. The fraction of sp³-hybridized carbons (Fsp3) is 0.500. The summed E-state index contributed by atoms with van der Waals surface area (Å²) in [5.74, 6) is 0.839. The van der Waals surface area contributed by atoms with Crippen LogP contribution in [0.5, 0.6) is 0 Å². The maximum atomic E-state index is 12.1. The molecule has 0 bridgehead atoms. The highest BCUT2D eigenvalue weighted by Crippen LogP contribution is 2.32. The first kappa shape index (κ1) is 12.4. The van der Waals surface area contributed by atoms with Crippen molar-refractivity contribution in [1.29, 1.82) is 0 Å².